The summed E-state index contributed by atoms with van der Waals surface area (Å²) in [7, 11) is 3.61. The number of likely N-dealkylation sites (N-methyl/N-ethyl adjacent to an activating group) is 1. The van der Waals surface area contributed by atoms with E-state index in [4.69, 9.17) is 11.2 Å². The Labute approximate surface area is 108 Å². The van der Waals surface area contributed by atoms with Gasteiger partial charge in [0.2, 0.25) is 0 Å². The molecular formula is C14H19N2O2+. The quantitative estimate of drug-likeness (QED) is 0.663. The number of terminal acetylenes is 1. The van der Waals surface area contributed by atoms with Crippen molar-refractivity contribution in [2.45, 2.75) is 6.54 Å². The smallest absolute Gasteiger partial charge is 0.275 e. The van der Waals surface area contributed by atoms with Gasteiger partial charge < -0.3 is 15.0 Å². The lowest BCUT2D eigenvalue weighted by atomic mass is 10.2. The van der Waals surface area contributed by atoms with Crippen molar-refractivity contribution in [3.05, 3.63) is 29.8 Å². The Bertz CT molecular complexity index is 438. The first kappa shape index (κ1) is 14.1. The highest BCUT2D eigenvalue weighted by atomic mass is 16.5. The zero-order valence-electron chi connectivity index (χ0n) is 10.8. The van der Waals surface area contributed by atoms with Gasteiger partial charge in [-0.15, -0.1) is 6.42 Å². The number of hydrogen-bond acceptors (Lipinski definition) is 2. The molecule has 4 heteroatoms. The Balaban J connectivity index is 2.46. The number of nitrogens with one attached hydrogen (secondary N) is 2. The Morgan fingerprint density at radius 1 is 1.56 bits per heavy atom. The van der Waals surface area contributed by atoms with Crippen LogP contribution in [0.5, 0.6) is 5.75 Å². The summed E-state index contributed by atoms with van der Waals surface area (Å²) >= 11 is 0. The minimum absolute atomic E-state index is 0.0339. The Hall–Kier alpha value is -1.99. The Morgan fingerprint density at radius 2 is 2.33 bits per heavy atom. The van der Waals surface area contributed by atoms with Crippen LogP contribution in [0, 0.1) is 12.3 Å². The van der Waals surface area contributed by atoms with Gasteiger partial charge in [-0.1, -0.05) is 18.1 Å². The molecule has 18 heavy (non-hydrogen) atoms. The summed E-state index contributed by atoms with van der Waals surface area (Å²) < 4.78 is 5.16. The SMILES string of the molecule is C#CCNC(=O)C[NH+](C)Cc1cccc(OC)c1. The summed E-state index contributed by atoms with van der Waals surface area (Å²) in [5.41, 5.74) is 1.14. The van der Waals surface area contributed by atoms with Gasteiger partial charge in [-0.3, -0.25) is 4.79 Å². The first-order valence-electron chi connectivity index (χ1n) is 5.80. The fourth-order valence-corrected chi connectivity index (χ4v) is 1.68. The highest BCUT2D eigenvalue weighted by molar-refractivity contribution is 5.77. The summed E-state index contributed by atoms with van der Waals surface area (Å²) in [5.74, 6) is 3.18. The summed E-state index contributed by atoms with van der Waals surface area (Å²) in [6.07, 6.45) is 5.08. The summed E-state index contributed by atoms with van der Waals surface area (Å²) in [5, 5.41) is 2.65. The van der Waals surface area contributed by atoms with Crippen LogP contribution in [-0.2, 0) is 11.3 Å². The van der Waals surface area contributed by atoms with Gasteiger partial charge in [0.1, 0.15) is 12.3 Å². The van der Waals surface area contributed by atoms with E-state index in [1.54, 1.807) is 7.11 Å². The first-order valence-corrected chi connectivity index (χ1v) is 5.80. The topological polar surface area (TPSA) is 42.8 Å². The molecule has 0 spiro atoms. The molecule has 0 aromatic heterocycles. The molecule has 1 aromatic rings. The molecule has 0 saturated carbocycles. The van der Waals surface area contributed by atoms with Gasteiger partial charge in [0, 0.05) is 5.56 Å². The van der Waals surface area contributed by atoms with Crippen LogP contribution in [0.15, 0.2) is 24.3 Å². The molecule has 1 amide bonds. The minimum Gasteiger partial charge on any atom is -0.497 e. The number of hydrogen-bond donors (Lipinski definition) is 2. The van der Waals surface area contributed by atoms with E-state index >= 15 is 0 Å². The fourth-order valence-electron chi connectivity index (χ4n) is 1.68. The third kappa shape index (κ3) is 4.89. The average Bonchev–Trinajstić information content (AvgIpc) is 2.36. The average molecular weight is 247 g/mol. The fraction of sp³-hybridized carbons (Fsp3) is 0.357. The number of rotatable bonds is 6. The number of ether oxygens (including phenoxy) is 1. The highest BCUT2D eigenvalue weighted by Crippen LogP contribution is 2.11. The van der Waals surface area contributed by atoms with Crippen LogP contribution in [0.25, 0.3) is 0 Å². The largest absolute Gasteiger partial charge is 0.497 e. The van der Waals surface area contributed by atoms with Crippen molar-refractivity contribution in [2.75, 3.05) is 27.2 Å². The van der Waals surface area contributed by atoms with Crippen LogP contribution >= 0.6 is 0 Å². The summed E-state index contributed by atoms with van der Waals surface area (Å²) in [4.78, 5) is 12.6. The maximum atomic E-state index is 11.5. The number of amides is 1. The normalized spacial score (nSPS) is 11.4. The van der Waals surface area contributed by atoms with Crippen LogP contribution < -0.4 is 15.0 Å². The second-order valence-corrected chi connectivity index (χ2v) is 4.14. The molecule has 96 valence electrons. The number of quaternary nitrogens is 1. The molecule has 0 heterocycles. The lowest BCUT2D eigenvalue weighted by Crippen LogP contribution is -3.08. The van der Waals surface area contributed by atoms with E-state index in [1.807, 2.05) is 31.3 Å². The first-order chi connectivity index (χ1) is 8.65. The maximum absolute atomic E-state index is 11.5. The van der Waals surface area contributed by atoms with Gasteiger partial charge >= 0.3 is 0 Å². The number of benzene rings is 1. The van der Waals surface area contributed by atoms with Gasteiger partial charge in [0.15, 0.2) is 6.54 Å². The van der Waals surface area contributed by atoms with E-state index in [-0.39, 0.29) is 12.5 Å². The van der Waals surface area contributed by atoms with Crippen LogP contribution in [0.2, 0.25) is 0 Å². The minimum atomic E-state index is -0.0339. The summed E-state index contributed by atoms with van der Waals surface area (Å²) in [6, 6.07) is 7.84. The van der Waals surface area contributed by atoms with Crippen molar-refractivity contribution in [2.24, 2.45) is 0 Å². The third-order valence-electron chi connectivity index (χ3n) is 2.49. The van der Waals surface area contributed by atoms with E-state index in [9.17, 15) is 4.79 Å². The highest BCUT2D eigenvalue weighted by Gasteiger charge is 2.09. The second kappa shape index (κ2) is 7.36. The molecule has 1 atom stereocenters. The van der Waals surface area contributed by atoms with Crippen molar-refractivity contribution in [3.8, 4) is 18.1 Å². The zero-order chi connectivity index (χ0) is 13.4. The number of carbonyl (C=O) groups is 1. The standard InChI is InChI=1S/C14H18N2O2/c1-4-8-15-14(17)11-16(2)10-12-6-5-7-13(9-12)18-3/h1,5-7,9H,8,10-11H2,2-3H3,(H,15,17)/p+1. The van der Waals surface area contributed by atoms with Crippen LogP contribution in [0.3, 0.4) is 0 Å². The van der Waals surface area contributed by atoms with Crippen molar-refractivity contribution in [1.82, 2.24) is 5.32 Å². The van der Waals surface area contributed by atoms with Gasteiger partial charge in [-0.2, -0.15) is 0 Å². The molecule has 1 aromatic carbocycles. The molecule has 1 rings (SSSR count). The molecule has 0 aliphatic heterocycles. The van der Waals surface area contributed by atoms with E-state index in [0.717, 1.165) is 22.8 Å². The van der Waals surface area contributed by atoms with Crippen LogP contribution in [0.1, 0.15) is 5.56 Å². The number of methoxy groups -OCH3 is 1. The number of carbonyl (C=O) groups excluding carboxylic acids is 1. The predicted molar refractivity (Wildman–Crippen MR) is 70.3 cm³/mol. The molecule has 0 fully saturated rings. The predicted octanol–water partition coefficient (Wildman–Crippen LogP) is -0.541. The van der Waals surface area contributed by atoms with Gasteiger partial charge in [0.05, 0.1) is 20.7 Å². The second-order valence-electron chi connectivity index (χ2n) is 4.14. The Morgan fingerprint density at radius 3 is 3.00 bits per heavy atom. The molecule has 0 bridgehead atoms. The lowest BCUT2D eigenvalue weighted by Gasteiger charge is -2.13. The maximum Gasteiger partial charge on any atom is 0.275 e. The molecule has 1 unspecified atom stereocenters. The van der Waals surface area contributed by atoms with Gasteiger partial charge in [-0.05, 0) is 12.1 Å². The van der Waals surface area contributed by atoms with E-state index in [1.165, 1.54) is 0 Å². The van der Waals surface area contributed by atoms with Gasteiger partial charge in [0.25, 0.3) is 5.91 Å². The molecule has 4 nitrogen and oxygen atoms in total. The van der Waals surface area contributed by atoms with Crippen molar-refractivity contribution in [1.29, 1.82) is 0 Å². The van der Waals surface area contributed by atoms with E-state index < -0.39 is 0 Å². The third-order valence-corrected chi connectivity index (χ3v) is 2.49. The molecular weight excluding hydrogens is 228 g/mol. The van der Waals surface area contributed by atoms with E-state index in [2.05, 4.69) is 11.2 Å². The van der Waals surface area contributed by atoms with Crippen LogP contribution in [0.4, 0.5) is 0 Å². The molecule has 0 saturated heterocycles. The van der Waals surface area contributed by atoms with Crippen molar-refractivity contribution in [3.63, 3.8) is 0 Å². The van der Waals surface area contributed by atoms with Crippen molar-refractivity contribution < 1.29 is 14.4 Å². The monoisotopic (exact) mass is 247 g/mol. The molecule has 2 N–H and O–H groups in total. The zero-order valence-corrected chi connectivity index (χ0v) is 10.8. The molecule has 0 aliphatic rings. The van der Waals surface area contributed by atoms with E-state index in [0.29, 0.717) is 6.54 Å². The van der Waals surface area contributed by atoms with Crippen LogP contribution in [-0.4, -0.2) is 33.2 Å². The summed E-state index contributed by atoms with van der Waals surface area (Å²) in [6.45, 7) is 1.45. The van der Waals surface area contributed by atoms with Crippen molar-refractivity contribution >= 4 is 5.91 Å². The molecule has 0 aliphatic carbocycles. The molecule has 0 radical (unpaired) electrons. The lowest BCUT2D eigenvalue weighted by molar-refractivity contribution is -0.885. The van der Waals surface area contributed by atoms with Gasteiger partial charge in [-0.25, -0.2) is 0 Å². The Kier molecular flexibility index (Phi) is 5.75.